The van der Waals surface area contributed by atoms with Crippen LogP contribution in [0.3, 0.4) is 0 Å². The molecule has 0 bridgehead atoms. The van der Waals surface area contributed by atoms with E-state index in [4.69, 9.17) is 17.3 Å². The first-order valence-electron chi connectivity index (χ1n) is 4.60. The maximum absolute atomic E-state index is 6.00. The van der Waals surface area contributed by atoms with Crippen LogP contribution in [0.5, 0.6) is 0 Å². The van der Waals surface area contributed by atoms with Crippen molar-refractivity contribution in [1.29, 1.82) is 0 Å². The van der Waals surface area contributed by atoms with E-state index in [2.05, 4.69) is 13.8 Å². The third-order valence-electron chi connectivity index (χ3n) is 2.02. The summed E-state index contributed by atoms with van der Waals surface area (Å²) in [6.45, 7) is 4.35. The first-order chi connectivity index (χ1) is 6.09. The molecule has 0 amide bonds. The van der Waals surface area contributed by atoms with E-state index in [1.54, 1.807) is 0 Å². The van der Waals surface area contributed by atoms with Gasteiger partial charge in [-0.25, -0.2) is 0 Å². The summed E-state index contributed by atoms with van der Waals surface area (Å²) in [6, 6.07) is 7.90. The van der Waals surface area contributed by atoms with Crippen LogP contribution in [0.1, 0.15) is 31.9 Å². The van der Waals surface area contributed by atoms with Crippen molar-refractivity contribution in [3.05, 3.63) is 34.9 Å². The Bertz CT molecular complexity index is 253. The topological polar surface area (TPSA) is 26.0 Å². The molecule has 1 aromatic rings. The molecule has 1 nitrogen and oxygen atoms in total. The molecular weight excluding hydrogens is 182 g/mol. The summed E-state index contributed by atoms with van der Waals surface area (Å²) in [7, 11) is 0. The average Bonchev–Trinajstić information content (AvgIpc) is 2.04. The van der Waals surface area contributed by atoms with Gasteiger partial charge >= 0.3 is 0 Å². The molecule has 1 rings (SSSR count). The molecule has 0 saturated heterocycles. The van der Waals surface area contributed by atoms with Crippen molar-refractivity contribution in [3.8, 4) is 0 Å². The summed E-state index contributed by atoms with van der Waals surface area (Å²) in [5, 5.41) is 0.764. The third kappa shape index (κ3) is 3.37. The second-order valence-corrected chi connectivity index (χ2v) is 4.22. The standard InChI is InChI=1S/C11H16ClN/c1-8(2)7-11(13)9-3-5-10(12)6-4-9/h3-6,8,11H,7,13H2,1-2H3/t11-/m1/s1. The Balaban J connectivity index is 2.66. The Morgan fingerprint density at radius 1 is 1.23 bits per heavy atom. The predicted octanol–water partition coefficient (Wildman–Crippen LogP) is 3.39. The fraction of sp³-hybridized carbons (Fsp3) is 0.455. The number of hydrogen-bond acceptors (Lipinski definition) is 1. The molecule has 0 aliphatic carbocycles. The number of rotatable bonds is 3. The van der Waals surface area contributed by atoms with Crippen molar-refractivity contribution in [2.24, 2.45) is 11.7 Å². The minimum Gasteiger partial charge on any atom is -0.324 e. The van der Waals surface area contributed by atoms with Crippen LogP contribution in [0.2, 0.25) is 5.02 Å². The van der Waals surface area contributed by atoms with E-state index in [1.165, 1.54) is 0 Å². The van der Waals surface area contributed by atoms with E-state index >= 15 is 0 Å². The molecule has 0 radical (unpaired) electrons. The van der Waals surface area contributed by atoms with E-state index in [0.29, 0.717) is 5.92 Å². The maximum Gasteiger partial charge on any atom is 0.0406 e. The number of nitrogens with two attached hydrogens (primary N) is 1. The second kappa shape index (κ2) is 4.64. The van der Waals surface area contributed by atoms with Gasteiger partial charge in [-0.2, -0.15) is 0 Å². The van der Waals surface area contributed by atoms with Gasteiger partial charge < -0.3 is 5.73 Å². The summed E-state index contributed by atoms with van der Waals surface area (Å²) in [4.78, 5) is 0. The van der Waals surface area contributed by atoms with Gasteiger partial charge in [0.1, 0.15) is 0 Å². The third-order valence-corrected chi connectivity index (χ3v) is 2.28. The molecule has 0 spiro atoms. The molecule has 2 N–H and O–H groups in total. The highest BCUT2D eigenvalue weighted by Crippen LogP contribution is 2.20. The van der Waals surface area contributed by atoms with E-state index in [1.807, 2.05) is 24.3 Å². The van der Waals surface area contributed by atoms with E-state index in [0.717, 1.165) is 17.0 Å². The lowest BCUT2D eigenvalue weighted by Gasteiger charge is -2.14. The van der Waals surface area contributed by atoms with Gasteiger partial charge in [0, 0.05) is 11.1 Å². The van der Waals surface area contributed by atoms with Crippen LogP contribution in [0.4, 0.5) is 0 Å². The highest BCUT2D eigenvalue weighted by atomic mass is 35.5. The van der Waals surface area contributed by atoms with Crippen LogP contribution in [0.25, 0.3) is 0 Å². The van der Waals surface area contributed by atoms with Gasteiger partial charge in [-0.05, 0) is 30.0 Å². The molecule has 1 atom stereocenters. The van der Waals surface area contributed by atoms with E-state index < -0.39 is 0 Å². The smallest absolute Gasteiger partial charge is 0.0406 e. The fourth-order valence-electron chi connectivity index (χ4n) is 1.35. The molecule has 13 heavy (non-hydrogen) atoms. The SMILES string of the molecule is CC(C)C[C@@H](N)c1ccc(Cl)cc1. The molecule has 72 valence electrons. The molecule has 0 heterocycles. The second-order valence-electron chi connectivity index (χ2n) is 3.79. The van der Waals surface area contributed by atoms with E-state index in [-0.39, 0.29) is 6.04 Å². The zero-order chi connectivity index (χ0) is 9.84. The van der Waals surface area contributed by atoms with Crippen molar-refractivity contribution in [2.75, 3.05) is 0 Å². The number of hydrogen-bond donors (Lipinski definition) is 1. The molecule has 0 unspecified atom stereocenters. The van der Waals surface area contributed by atoms with Crippen molar-refractivity contribution >= 4 is 11.6 Å². The van der Waals surface area contributed by atoms with Gasteiger partial charge in [-0.1, -0.05) is 37.6 Å². The zero-order valence-electron chi connectivity index (χ0n) is 8.13. The fourth-order valence-corrected chi connectivity index (χ4v) is 1.48. The van der Waals surface area contributed by atoms with Gasteiger partial charge in [-0.15, -0.1) is 0 Å². The minimum atomic E-state index is 0.136. The largest absolute Gasteiger partial charge is 0.324 e. The molecule has 1 aromatic carbocycles. The number of benzene rings is 1. The Kier molecular flexibility index (Phi) is 3.76. The van der Waals surface area contributed by atoms with Gasteiger partial charge in [0.05, 0.1) is 0 Å². The summed E-state index contributed by atoms with van der Waals surface area (Å²) < 4.78 is 0. The van der Waals surface area contributed by atoms with Gasteiger partial charge in [0.25, 0.3) is 0 Å². The zero-order valence-corrected chi connectivity index (χ0v) is 8.88. The molecule has 0 aliphatic heterocycles. The first kappa shape index (κ1) is 10.6. The van der Waals surface area contributed by atoms with Crippen LogP contribution in [0, 0.1) is 5.92 Å². The van der Waals surface area contributed by atoms with Crippen molar-refractivity contribution in [3.63, 3.8) is 0 Å². The van der Waals surface area contributed by atoms with Crippen LogP contribution in [0.15, 0.2) is 24.3 Å². The molecular formula is C11H16ClN. The monoisotopic (exact) mass is 197 g/mol. The Hall–Kier alpha value is -0.530. The molecule has 0 fully saturated rings. The first-order valence-corrected chi connectivity index (χ1v) is 4.98. The van der Waals surface area contributed by atoms with Crippen LogP contribution in [-0.2, 0) is 0 Å². The average molecular weight is 198 g/mol. The lowest BCUT2D eigenvalue weighted by molar-refractivity contribution is 0.510. The predicted molar refractivity (Wildman–Crippen MR) is 57.8 cm³/mol. The Labute approximate surface area is 84.9 Å². The van der Waals surface area contributed by atoms with Crippen LogP contribution < -0.4 is 5.73 Å². The quantitative estimate of drug-likeness (QED) is 0.790. The molecule has 2 heteroatoms. The van der Waals surface area contributed by atoms with Crippen molar-refractivity contribution in [2.45, 2.75) is 26.3 Å². The summed E-state index contributed by atoms with van der Waals surface area (Å²) in [5.74, 6) is 0.630. The highest BCUT2D eigenvalue weighted by molar-refractivity contribution is 6.30. The highest BCUT2D eigenvalue weighted by Gasteiger charge is 2.07. The minimum absolute atomic E-state index is 0.136. The Morgan fingerprint density at radius 3 is 2.23 bits per heavy atom. The Morgan fingerprint density at radius 2 is 1.77 bits per heavy atom. The van der Waals surface area contributed by atoms with Crippen LogP contribution >= 0.6 is 11.6 Å². The molecule has 0 aromatic heterocycles. The number of halogens is 1. The molecule has 0 saturated carbocycles. The molecule has 0 aliphatic rings. The normalized spacial score (nSPS) is 13.3. The summed E-state index contributed by atoms with van der Waals surface area (Å²) in [6.07, 6.45) is 1.02. The summed E-state index contributed by atoms with van der Waals surface area (Å²) >= 11 is 5.78. The summed E-state index contributed by atoms with van der Waals surface area (Å²) in [5.41, 5.74) is 7.17. The van der Waals surface area contributed by atoms with Gasteiger partial charge in [0.2, 0.25) is 0 Å². The van der Waals surface area contributed by atoms with Crippen molar-refractivity contribution < 1.29 is 0 Å². The van der Waals surface area contributed by atoms with Gasteiger partial charge in [0.15, 0.2) is 0 Å². The lowest BCUT2D eigenvalue weighted by atomic mass is 9.98. The van der Waals surface area contributed by atoms with Gasteiger partial charge in [-0.3, -0.25) is 0 Å². The van der Waals surface area contributed by atoms with Crippen molar-refractivity contribution in [1.82, 2.24) is 0 Å². The maximum atomic E-state index is 6.00. The lowest BCUT2D eigenvalue weighted by Crippen LogP contribution is -2.12. The van der Waals surface area contributed by atoms with Crippen LogP contribution in [-0.4, -0.2) is 0 Å². The van der Waals surface area contributed by atoms with E-state index in [9.17, 15) is 0 Å².